The number of rotatable bonds is 7. The molecule has 1 N–H and O–H groups in total. The number of halogens is 1. The Balaban J connectivity index is 2.46. The van der Waals surface area contributed by atoms with E-state index < -0.39 is 0 Å². The van der Waals surface area contributed by atoms with E-state index in [0.29, 0.717) is 0 Å². The van der Waals surface area contributed by atoms with Crippen LogP contribution in [0, 0.1) is 0 Å². The minimum atomic E-state index is 1.01. The Hall–Kier alpha value is -0.350. The summed E-state index contributed by atoms with van der Waals surface area (Å²) in [5.41, 5.74) is 1.31. The van der Waals surface area contributed by atoms with Crippen LogP contribution in [-0.2, 0) is 13.0 Å². The minimum absolute atomic E-state index is 1.01. The van der Waals surface area contributed by atoms with Crippen LogP contribution in [0.2, 0.25) is 0 Å². The van der Waals surface area contributed by atoms with Gasteiger partial charge < -0.3 is 5.32 Å². The molecule has 0 unspecified atom stereocenters. The van der Waals surface area contributed by atoms with Gasteiger partial charge in [0.25, 0.3) is 0 Å². The van der Waals surface area contributed by atoms with Crippen LogP contribution in [0.3, 0.4) is 0 Å². The van der Waals surface area contributed by atoms with Gasteiger partial charge in [0.2, 0.25) is 0 Å². The molecule has 0 spiro atoms. The van der Waals surface area contributed by atoms with Crippen LogP contribution in [0.5, 0.6) is 0 Å². The lowest BCUT2D eigenvalue weighted by Crippen LogP contribution is -2.19. The van der Waals surface area contributed by atoms with Crippen LogP contribution in [0.1, 0.15) is 32.4 Å². The maximum Gasteiger partial charge on any atom is 0.0635 e. The van der Waals surface area contributed by atoms with Gasteiger partial charge in [0.15, 0.2) is 0 Å². The van der Waals surface area contributed by atoms with Crippen LogP contribution < -0.4 is 5.32 Å². The van der Waals surface area contributed by atoms with Gasteiger partial charge in [-0.25, -0.2) is 0 Å². The van der Waals surface area contributed by atoms with Crippen LogP contribution in [0.25, 0.3) is 0 Å². The highest BCUT2D eigenvalue weighted by atomic mass is 79.9. The molecular weight excluding hydrogens is 254 g/mol. The Morgan fingerprint density at radius 3 is 2.80 bits per heavy atom. The molecule has 0 bridgehead atoms. The molecule has 0 aliphatic carbocycles. The molecule has 1 aromatic rings. The van der Waals surface area contributed by atoms with Gasteiger partial charge in [-0.3, -0.25) is 4.68 Å². The van der Waals surface area contributed by atoms with Crippen molar-refractivity contribution in [3.05, 3.63) is 16.4 Å². The molecule has 1 heterocycles. The summed E-state index contributed by atoms with van der Waals surface area (Å²) in [6, 6.07) is 0. The number of nitrogens with one attached hydrogen (secondary N) is 1. The van der Waals surface area contributed by atoms with E-state index in [-0.39, 0.29) is 0 Å². The Labute approximate surface area is 100 Å². The Kier molecular flexibility index (Phi) is 5.95. The van der Waals surface area contributed by atoms with E-state index in [1.54, 1.807) is 0 Å². The summed E-state index contributed by atoms with van der Waals surface area (Å²) in [6.07, 6.45) is 5.25. The second-order valence-corrected chi connectivity index (χ2v) is 4.52. The van der Waals surface area contributed by atoms with E-state index in [1.807, 2.05) is 6.20 Å². The van der Waals surface area contributed by atoms with Gasteiger partial charge in [-0.2, -0.15) is 5.10 Å². The molecule has 0 fully saturated rings. The van der Waals surface area contributed by atoms with E-state index in [1.165, 1.54) is 12.1 Å². The first-order valence-corrected chi connectivity index (χ1v) is 6.49. The summed E-state index contributed by atoms with van der Waals surface area (Å²) in [7, 11) is 0. The molecule has 0 aliphatic rings. The zero-order valence-electron chi connectivity index (χ0n) is 9.59. The molecular formula is C11H20BrN3. The largest absolute Gasteiger partial charge is 0.316 e. The van der Waals surface area contributed by atoms with Gasteiger partial charge in [0.1, 0.15) is 0 Å². The number of hydrogen-bond donors (Lipinski definition) is 1. The summed E-state index contributed by atoms with van der Waals surface area (Å²) < 4.78 is 3.23. The third-order valence-electron chi connectivity index (χ3n) is 2.30. The fraction of sp³-hybridized carbons (Fsp3) is 0.727. The average molecular weight is 274 g/mol. The average Bonchev–Trinajstić information content (AvgIpc) is 2.56. The monoisotopic (exact) mass is 273 g/mol. The maximum atomic E-state index is 4.35. The van der Waals surface area contributed by atoms with Crippen molar-refractivity contribution < 1.29 is 0 Å². The van der Waals surface area contributed by atoms with Crippen molar-refractivity contribution in [3.8, 4) is 0 Å². The van der Waals surface area contributed by atoms with Gasteiger partial charge in [-0.05, 0) is 35.3 Å². The highest BCUT2D eigenvalue weighted by Crippen LogP contribution is 2.16. The molecule has 3 nitrogen and oxygen atoms in total. The second kappa shape index (κ2) is 7.01. The summed E-state index contributed by atoms with van der Waals surface area (Å²) in [4.78, 5) is 0. The standard InChI is InChI=1S/C11H20BrN3/c1-3-6-13-7-5-11-10(12)9-14-15(11)8-4-2/h9,13H,3-8H2,1-2H3. The Morgan fingerprint density at radius 2 is 2.13 bits per heavy atom. The van der Waals surface area contributed by atoms with E-state index in [2.05, 4.69) is 44.9 Å². The van der Waals surface area contributed by atoms with E-state index in [4.69, 9.17) is 0 Å². The first kappa shape index (κ1) is 12.7. The molecule has 0 atom stereocenters. The molecule has 0 radical (unpaired) electrons. The number of aromatic nitrogens is 2. The van der Waals surface area contributed by atoms with Crippen molar-refractivity contribution in [1.82, 2.24) is 15.1 Å². The molecule has 0 saturated carbocycles. The normalized spacial score (nSPS) is 10.9. The lowest BCUT2D eigenvalue weighted by Gasteiger charge is -2.07. The van der Waals surface area contributed by atoms with Gasteiger partial charge in [0.05, 0.1) is 16.4 Å². The molecule has 4 heteroatoms. The molecule has 15 heavy (non-hydrogen) atoms. The lowest BCUT2D eigenvalue weighted by molar-refractivity contribution is 0.560. The lowest BCUT2D eigenvalue weighted by atomic mass is 10.3. The molecule has 0 aromatic carbocycles. The molecule has 0 amide bonds. The summed E-state index contributed by atoms with van der Waals surface area (Å²) in [5, 5.41) is 7.75. The van der Waals surface area contributed by atoms with Crippen LogP contribution in [0.15, 0.2) is 10.7 Å². The van der Waals surface area contributed by atoms with Gasteiger partial charge >= 0.3 is 0 Å². The summed E-state index contributed by atoms with van der Waals surface area (Å²) in [5.74, 6) is 0. The van der Waals surface area contributed by atoms with Crippen molar-refractivity contribution in [2.45, 2.75) is 39.7 Å². The maximum absolute atomic E-state index is 4.35. The summed E-state index contributed by atoms with van der Waals surface area (Å²) in [6.45, 7) is 7.50. The first-order valence-electron chi connectivity index (χ1n) is 5.70. The third-order valence-corrected chi connectivity index (χ3v) is 2.96. The smallest absolute Gasteiger partial charge is 0.0635 e. The van der Waals surface area contributed by atoms with Gasteiger partial charge in [-0.1, -0.05) is 13.8 Å². The molecule has 1 aromatic heterocycles. The van der Waals surface area contributed by atoms with Crippen molar-refractivity contribution in [2.75, 3.05) is 13.1 Å². The Bertz CT molecular complexity index is 283. The van der Waals surface area contributed by atoms with Gasteiger partial charge in [-0.15, -0.1) is 0 Å². The molecule has 1 rings (SSSR count). The van der Waals surface area contributed by atoms with E-state index >= 15 is 0 Å². The van der Waals surface area contributed by atoms with Crippen LogP contribution in [0.4, 0.5) is 0 Å². The summed E-state index contributed by atoms with van der Waals surface area (Å²) >= 11 is 3.55. The topological polar surface area (TPSA) is 29.9 Å². The van der Waals surface area contributed by atoms with Crippen molar-refractivity contribution in [3.63, 3.8) is 0 Å². The zero-order chi connectivity index (χ0) is 11.1. The SMILES string of the molecule is CCCNCCc1c(Br)cnn1CCC. The molecule has 86 valence electrons. The second-order valence-electron chi connectivity index (χ2n) is 3.66. The van der Waals surface area contributed by atoms with Crippen molar-refractivity contribution >= 4 is 15.9 Å². The molecule has 0 aliphatic heterocycles. The highest BCUT2D eigenvalue weighted by Gasteiger charge is 2.06. The zero-order valence-corrected chi connectivity index (χ0v) is 11.2. The number of hydrogen-bond acceptors (Lipinski definition) is 2. The fourth-order valence-electron chi connectivity index (χ4n) is 1.55. The predicted octanol–water partition coefficient (Wildman–Crippen LogP) is 2.60. The molecule has 0 saturated heterocycles. The van der Waals surface area contributed by atoms with Crippen molar-refractivity contribution in [2.24, 2.45) is 0 Å². The van der Waals surface area contributed by atoms with Crippen molar-refractivity contribution in [1.29, 1.82) is 0 Å². The predicted molar refractivity (Wildman–Crippen MR) is 67.1 cm³/mol. The highest BCUT2D eigenvalue weighted by molar-refractivity contribution is 9.10. The van der Waals surface area contributed by atoms with Crippen LogP contribution >= 0.6 is 15.9 Å². The first-order chi connectivity index (χ1) is 7.29. The van der Waals surface area contributed by atoms with Crippen LogP contribution in [-0.4, -0.2) is 22.9 Å². The number of aryl methyl sites for hydroxylation is 1. The third kappa shape index (κ3) is 3.95. The quantitative estimate of drug-likeness (QED) is 0.774. The van der Waals surface area contributed by atoms with E-state index in [9.17, 15) is 0 Å². The minimum Gasteiger partial charge on any atom is -0.316 e. The fourth-order valence-corrected chi connectivity index (χ4v) is 2.04. The van der Waals surface area contributed by atoms with E-state index in [0.717, 1.165) is 36.9 Å². The van der Waals surface area contributed by atoms with Gasteiger partial charge in [0, 0.05) is 19.5 Å². The number of nitrogens with zero attached hydrogens (tertiary/aromatic N) is 2. The Morgan fingerprint density at radius 1 is 1.33 bits per heavy atom.